The minimum Gasteiger partial charge on any atom is -0.468 e. The minimum atomic E-state index is -1.11. The first-order valence-corrected chi connectivity index (χ1v) is 5.45. The van der Waals surface area contributed by atoms with Crippen LogP contribution < -0.4 is 0 Å². The predicted octanol–water partition coefficient (Wildman–Crippen LogP) is 1.84. The number of methoxy groups -OCH3 is 2. The number of carbonyl (C=O) groups excluding carboxylic acids is 2. The van der Waals surface area contributed by atoms with Crippen LogP contribution in [0.3, 0.4) is 0 Å². The summed E-state index contributed by atoms with van der Waals surface area (Å²) in [6.07, 6.45) is 4.65. The fraction of sp³-hybridized carbons (Fsp3) is 0.667. The lowest BCUT2D eigenvalue weighted by atomic mass is 9.86. The highest BCUT2D eigenvalue weighted by Gasteiger charge is 2.51. The Balaban J connectivity index is 2.96. The van der Waals surface area contributed by atoms with E-state index in [4.69, 9.17) is 9.47 Å². The standard InChI is InChI=1S/C12H18O4/c1-4-5-9-6-7-12(8-9,10(13)15-2)11(14)16-3/h5H,4,6-8H2,1-3H3/b9-5-. The number of rotatable bonds is 3. The van der Waals surface area contributed by atoms with E-state index in [9.17, 15) is 9.59 Å². The molecule has 0 radical (unpaired) electrons. The zero-order valence-electron chi connectivity index (χ0n) is 10.0. The highest BCUT2D eigenvalue weighted by Crippen LogP contribution is 2.43. The maximum Gasteiger partial charge on any atom is 0.323 e. The topological polar surface area (TPSA) is 52.6 Å². The molecule has 0 spiro atoms. The highest BCUT2D eigenvalue weighted by atomic mass is 16.5. The Morgan fingerprint density at radius 3 is 2.31 bits per heavy atom. The van der Waals surface area contributed by atoms with E-state index < -0.39 is 17.4 Å². The molecule has 1 saturated carbocycles. The Labute approximate surface area is 95.6 Å². The Bertz CT molecular complexity index is 301. The van der Waals surface area contributed by atoms with Crippen molar-refractivity contribution < 1.29 is 19.1 Å². The molecular formula is C12H18O4. The molecule has 0 N–H and O–H groups in total. The first-order chi connectivity index (χ1) is 7.60. The van der Waals surface area contributed by atoms with Crippen molar-refractivity contribution in [2.75, 3.05) is 14.2 Å². The quantitative estimate of drug-likeness (QED) is 0.418. The molecule has 1 fully saturated rings. The second-order valence-corrected chi connectivity index (χ2v) is 4.01. The molecular weight excluding hydrogens is 208 g/mol. The summed E-state index contributed by atoms with van der Waals surface area (Å²) in [7, 11) is 2.60. The Hall–Kier alpha value is -1.32. The molecule has 0 bridgehead atoms. The molecule has 1 aliphatic rings. The van der Waals surface area contributed by atoms with Gasteiger partial charge >= 0.3 is 11.9 Å². The number of hydrogen-bond acceptors (Lipinski definition) is 4. The van der Waals surface area contributed by atoms with Crippen molar-refractivity contribution in [3.05, 3.63) is 11.6 Å². The number of hydrogen-bond donors (Lipinski definition) is 0. The lowest BCUT2D eigenvalue weighted by Crippen LogP contribution is -2.38. The molecule has 0 aromatic heterocycles. The molecule has 0 amide bonds. The molecule has 0 unspecified atom stereocenters. The Morgan fingerprint density at radius 2 is 1.88 bits per heavy atom. The molecule has 4 heteroatoms. The predicted molar refractivity (Wildman–Crippen MR) is 58.7 cm³/mol. The molecule has 0 aromatic rings. The second kappa shape index (κ2) is 5.14. The van der Waals surface area contributed by atoms with Gasteiger partial charge in [-0.05, 0) is 25.7 Å². The van der Waals surface area contributed by atoms with Gasteiger partial charge in [-0.3, -0.25) is 9.59 Å². The van der Waals surface area contributed by atoms with Gasteiger partial charge in [-0.25, -0.2) is 0 Å². The number of allylic oxidation sites excluding steroid dienone is 2. The summed E-state index contributed by atoms with van der Waals surface area (Å²) in [6.45, 7) is 2.03. The van der Waals surface area contributed by atoms with E-state index >= 15 is 0 Å². The van der Waals surface area contributed by atoms with E-state index in [1.54, 1.807) is 0 Å². The van der Waals surface area contributed by atoms with Gasteiger partial charge in [0.05, 0.1) is 14.2 Å². The van der Waals surface area contributed by atoms with E-state index in [0.29, 0.717) is 12.8 Å². The summed E-state index contributed by atoms with van der Waals surface area (Å²) in [5.41, 5.74) is 0.0307. The fourth-order valence-electron chi connectivity index (χ4n) is 2.22. The molecule has 0 saturated heterocycles. The maximum atomic E-state index is 11.7. The number of carbonyl (C=O) groups is 2. The summed E-state index contributed by atoms with van der Waals surface area (Å²) in [5, 5.41) is 0. The van der Waals surface area contributed by atoms with Gasteiger partial charge in [-0.15, -0.1) is 0 Å². The summed E-state index contributed by atoms with van der Waals surface area (Å²) in [4.78, 5) is 23.5. The van der Waals surface area contributed by atoms with Crippen LogP contribution in [0.1, 0.15) is 32.6 Å². The summed E-state index contributed by atoms with van der Waals surface area (Å²) >= 11 is 0. The highest BCUT2D eigenvalue weighted by molar-refractivity contribution is 6.00. The summed E-state index contributed by atoms with van der Waals surface area (Å²) in [6, 6.07) is 0. The van der Waals surface area contributed by atoms with Crippen molar-refractivity contribution in [2.24, 2.45) is 5.41 Å². The van der Waals surface area contributed by atoms with Crippen molar-refractivity contribution in [3.8, 4) is 0 Å². The van der Waals surface area contributed by atoms with Crippen molar-refractivity contribution >= 4 is 11.9 Å². The Kier molecular flexibility index (Phi) is 4.10. The zero-order valence-corrected chi connectivity index (χ0v) is 10.0. The SMILES string of the molecule is CC/C=C1/CCC(C(=O)OC)(C(=O)OC)C1. The zero-order chi connectivity index (χ0) is 12.2. The van der Waals surface area contributed by atoms with Gasteiger partial charge in [-0.2, -0.15) is 0 Å². The Morgan fingerprint density at radius 1 is 1.31 bits per heavy atom. The van der Waals surface area contributed by atoms with Gasteiger partial charge in [0.1, 0.15) is 0 Å². The lowest BCUT2D eigenvalue weighted by molar-refractivity contribution is -0.168. The molecule has 0 heterocycles. The summed E-state index contributed by atoms with van der Waals surface area (Å²) < 4.78 is 9.44. The number of esters is 2. The van der Waals surface area contributed by atoms with Gasteiger partial charge < -0.3 is 9.47 Å². The molecule has 0 aromatic carbocycles. The van der Waals surface area contributed by atoms with E-state index in [0.717, 1.165) is 18.4 Å². The van der Waals surface area contributed by atoms with E-state index in [1.807, 2.05) is 6.92 Å². The van der Waals surface area contributed by atoms with Crippen LogP contribution in [0.2, 0.25) is 0 Å². The lowest BCUT2D eigenvalue weighted by Gasteiger charge is -2.22. The van der Waals surface area contributed by atoms with Crippen molar-refractivity contribution in [2.45, 2.75) is 32.6 Å². The van der Waals surface area contributed by atoms with Gasteiger partial charge in [0.15, 0.2) is 5.41 Å². The van der Waals surface area contributed by atoms with Crippen LogP contribution in [0.15, 0.2) is 11.6 Å². The number of ether oxygens (including phenoxy) is 2. The second-order valence-electron chi connectivity index (χ2n) is 4.01. The van der Waals surface area contributed by atoms with Crippen molar-refractivity contribution in [1.29, 1.82) is 0 Å². The largest absolute Gasteiger partial charge is 0.468 e. The third-order valence-electron chi connectivity index (χ3n) is 3.05. The van der Waals surface area contributed by atoms with Crippen LogP contribution in [-0.4, -0.2) is 26.2 Å². The monoisotopic (exact) mass is 226 g/mol. The smallest absolute Gasteiger partial charge is 0.323 e. The minimum absolute atomic E-state index is 0.431. The van der Waals surface area contributed by atoms with Gasteiger partial charge in [0.2, 0.25) is 0 Å². The van der Waals surface area contributed by atoms with Crippen LogP contribution in [0.5, 0.6) is 0 Å². The van der Waals surface area contributed by atoms with E-state index in [-0.39, 0.29) is 0 Å². The first kappa shape index (κ1) is 12.7. The first-order valence-electron chi connectivity index (χ1n) is 5.45. The average molecular weight is 226 g/mol. The third-order valence-corrected chi connectivity index (χ3v) is 3.05. The van der Waals surface area contributed by atoms with E-state index in [1.165, 1.54) is 14.2 Å². The molecule has 4 nitrogen and oxygen atoms in total. The molecule has 1 aliphatic carbocycles. The third kappa shape index (κ3) is 2.10. The van der Waals surface area contributed by atoms with Gasteiger partial charge in [0, 0.05) is 0 Å². The molecule has 0 atom stereocenters. The van der Waals surface area contributed by atoms with Crippen LogP contribution in [-0.2, 0) is 19.1 Å². The van der Waals surface area contributed by atoms with Crippen LogP contribution >= 0.6 is 0 Å². The molecule has 16 heavy (non-hydrogen) atoms. The fourth-order valence-corrected chi connectivity index (χ4v) is 2.22. The van der Waals surface area contributed by atoms with E-state index in [2.05, 4.69) is 6.08 Å². The molecule has 0 aliphatic heterocycles. The van der Waals surface area contributed by atoms with Crippen LogP contribution in [0, 0.1) is 5.41 Å². The van der Waals surface area contributed by atoms with Crippen LogP contribution in [0.4, 0.5) is 0 Å². The normalized spacial score (nSPS) is 20.8. The summed E-state index contributed by atoms with van der Waals surface area (Å²) in [5.74, 6) is -0.974. The van der Waals surface area contributed by atoms with Crippen molar-refractivity contribution in [3.63, 3.8) is 0 Å². The molecule has 90 valence electrons. The molecule has 1 rings (SSSR count). The van der Waals surface area contributed by atoms with Crippen molar-refractivity contribution in [1.82, 2.24) is 0 Å². The maximum absolute atomic E-state index is 11.7. The average Bonchev–Trinajstić information content (AvgIpc) is 2.73. The van der Waals surface area contributed by atoms with Crippen LogP contribution in [0.25, 0.3) is 0 Å². The van der Waals surface area contributed by atoms with Gasteiger partial charge in [0.25, 0.3) is 0 Å². The van der Waals surface area contributed by atoms with Gasteiger partial charge in [-0.1, -0.05) is 18.6 Å².